The lowest BCUT2D eigenvalue weighted by molar-refractivity contribution is 0.102. The van der Waals surface area contributed by atoms with Crippen molar-refractivity contribution in [2.75, 3.05) is 5.32 Å². The largest absolute Gasteiger partial charge is 0.506 e. The number of hydrogen-bond acceptors (Lipinski definition) is 5. The number of pyridine rings is 1. The standard InChI is InChI=1S/C22H20FN3O3S/c1-2-3-6-11-26-16-8-5-4-7-14(16)19(27)18(21(26)29)20(28)25-22-24-15-10-9-13(23)12-17(15)30-22/h4-5,7-10,12,27H,2-3,6,11H2,1H3,(H,24,25,28). The molecule has 0 aliphatic rings. The number of benzene rings is 2. The third-order valence-electron chi connectivity index (χ3n) is 4.93. The van der Waals surface area contributed by atoms with Crippen molar-refractivity contribution < 1.29 is 14.3 Å². The topological polar surface area (TPSA) is 84.2 Å². The number of nitrogens with zero attached hydrogens (tertiary/aromatic N) is 2. The number of amides is 1. The van der Waals surface area contributed by atoms with Crippen LogP contribution in [0.25, 0.3) is 21.1 Å². The van der Waals surface area contributed by atoms with Gasteiger partial charge in [-0.25, -0.2) is 9.37 Å². The van der Waals surface area contributed by atoms with Gasteiger partial charge >= 0.3 is 0 Å². The molecule has 30 heavy (non-hydrogen) atoms. The summed E-state index contributed by atoms with van der Waals surface area (Å²) in [6.07, 6.45) is 2.73. The molecule has 0 saturated heterocycles. The fourth-order valence-corrected chi connectivity index (χ4v) is 4.33. The summed E-state index contributed by atoms with van der Waals surface area (Å²) in [6, 6.07) is 11.1. The Morgan fingerprint density at radius 2 is 2.03 bits per heavy atom. The Morgan fingerprint density at radius 3 is 2.83 bits per heavy atom. The zero-order valence-corrected chi connectivity index (χ0v) is 17.1. The number of hydrogen-bond donors (Lipinski definition) is 2. The van der Waals surface area contributed by atoms with Crippen LogP contribution in [-0.4, -0.2) is 20.6 Å². The van der Waals surface area contributed by atoms with E-state index in [1.165, 1.54) is 22.8 Å². The first-order valence-corrected chi connectivity index (χ1v) is 10.5. The molecule has 1 amide bonds. The average molecular weight is 425 g/mol. The van der Waals surface area contributed by atoms with E-state index in [1.807, 2.05) is 0 Å². The highest BCUT2D eigenvalue weighted by molar-refractivity contribution is 7.22. The van der Waals surface area contributed by atoms with Gasteiger partial charge in [-0.15, -0.1) is 0 Å². The number of rotatable bonds is 6. The Labute approximate surface area is 175 Å². The third-order valence-corrected chi connectivity index (χ3v) is 5.86. The van der Waals surface area contributed by atoms with Crippen LogP contribution in [0, 0.1) is 5.82 Å². The summed E-state index contributed by atoms with van der Waals surface area (Å²) in [7, 11) is 0. The van der Waals surface area contributed by atoms with Gasteiger partial charge in [-0.3, -0.25) is 14.9 Å². The van der Waals surface area contributed by atoms with E-state index in [1.54, 1.807) is 24.3 Å². The van der Waals surface area contributed by atoms with Gasteiger partial charge in [-0.2, -0.15) is 0 Å². The van der Waals surface area contributed by atoms with Crippen LogP contribution in [0.5, 0.6) is 5.75 Å². The number of thiazole rings is 1. The van der Waals surface area contributed by atoms with Crippen molar-refractivity contribution in [2.24, 2.45) is 0 Å². The summed E-state index contributed by atoms with van der Waals surface area (Å²) >= 11 is 1.10. The van der Waals surface area contributed by atoms with Crippen LogP contribution in [0.1, 0.15) is 36.5 Å². The predicted octanol–water partition coefficient (Wildman–Crippen LogP) is 4.90. The van der Waals surface area contributed by atoms with Crippen molar-refractivity contribution in [3.8, 4) is 5.75 Å². The number of anilines is 1. The van der Waals surface area contributed by atoms with Gasteiger partial charge in [0.25, 0.3) is 11.5 Å². The number of halogens is 1. The van der Waals surface area contributed by atoms with Crippen molar-refractivity contribution in [1.29, 1.82) is 0 Å². The Hall–Kier alpha value is -3.26. The van der Waals surface area contributed by atoms with Crippen LogP contribution in [-0.2, 0) is 6.54 Å². The minimum Gasteiger partial charge on any atom is -0.506 e. The molecule has 0 fully saturated rings. The summed E-state index contributed by atoms with van der Waals surface area (Å²) in [5, 5.41) is 14.0. The van der Waals surface area contributed by atoms with Gasteiger partial charge < -0.3 is 9.67 Å². The lowest BCUT2D eigenvalue weighted by atomic mass is 10.1. The zero-order chi connectivity index (χ0) is 21.3. The number of para-hydroxylation sites is 1. The summed E-state index contributed by atoms with van der Waals surface area (Å²) in [5.74, 6) is -1.50. The second kappa shape index (κ2) is 8.23. The molecule has 0 radical (unpaired) electrons. The molecule has 2 aromatic carbocycles. The molecule has 6 nitrogen and oxygen atoms in total. The molecule has 0 saturated carbocycles. The molecule has 8 heteroatoms. The molecule has 4 aromatic rings. The normalized spacial score (nSPS) is 11.3. The van der Waals surface area contributed by atoms with E-state index in [0.29, 0.717) is 27.7 Å². The molecule has 2 N–H and O–H groups in total. The van der Waals surface area contributed by atoms with E-state index >= 15 is 0 Å². The molecular formula is C22H20FN3O3S. The minimum absolute atomic E-state index is 0.227. The number of aromatic hydroxyl groups is 1. The Bertz CT molecular complexity index is 1310. The van der Waals surface area contributed by atoms with Crippen molar-refractivity contribution in [1.82, 2.24) is 9.55 Å². The SMILES string of the molecule is CCCCCn1c(=O)c(C(=O)Nc2nc3ccc(F)cc3s2)c(O)c2ccccc21. The average Bonchev–Trinajstić information content (AvgIpc) is 3.11. The molecule has 0 spiro atoms. The quantitative estimate of drug-likeness (QED) is 0.431. The van der Waals surface area contributed by atoms with E-state index in [9.17, 15) is 19.1 Å². The molecule has 0 aliphatic carbocycles. The highest BCUT2D eigenvalue weighted by Crippen LogP contribution is 2.29. The van der Waals surface area contributed by atoms with Crippen LogP contribution in [0.15, 0.2) is 47.3 Å². The summed E-state index contributed by atoms with van der Waals surface area (Å²) in [6.45, 7) is 2.52. The van der Waals surface area contributed by atoms with Crippen LogP contribution >= 0.6 is 11.3 Å². The molecule has 154 valence electrons. The van der Waals surface area contributed by atoms with Gasteiger partial charge in [0.15, 0.2) is 5.13 Å². The Kier molecular flexibility index (Phi) is 5.50. The fourth-order valence-electron chi connectivity index (χ4n) is 3.45. The Morgan fingerprint density at radius 1 is 1.23 bits per heavy atom. The maximum atomic E-state index is 13.4. The number of carbonyl (C=O) groups is 1. The molecule has 0 bridgehead atoms. The monoisotopic (exact) mass is 425 g/mol. The number of carbonyl (C=O) groups excluding carboxylic acids is 1. The van der Waals surface area contributed by atoms with Gasteiger partial charge in [0.1, 0.15) is 17.1 Å². The summed E-state index contributed by atoms with van der Waals surface area (Å²) in [5.41, 5.74) is 0.252. The molecule has 0 atom stereocenters. The van der Waals surface area contributed by atoms with E-state index in [-0.39, 0.29) is 16.4 Å². The van der Waals surface area contributed by atoms with Crippen LogP contribution in [0.2, 0.25) is 0 Å². The molecule has 0 unspecified atom stereocenters. The highest BCUT2D eigenvalue weighted by atomic mass is 32.1. The van der Waals surface area contributed by atoms with Gasteiger partial charge in [-0.1, -0.05) is 43.2 Å². The molecule has 2 heterocycles. The van der Waals surface area contributed by atoms with Crippen LogP contribution in [0.4, 0.5) is 9.52 Å². The lowest BCUT2D eigenvalue weighted by Gasteiger charge is -2.14. The fraction of sp³-hybridized carbons (Fsp3) is 0.227. The summed E-state index contributed by atoms with van der Waals surface area (Å²) < 4.78 is 15.5. The number of nitrogens with one attached hydrogen (secondary N) is 1. The lowest BCUT2D eigenvalue weighted by Crippen LogP contribution is -2.30. The van der Waals surface area contributed by atoms with E-state index in [4.69, 9.17) is 0 Å². The second-order valence-corrected chi connectivity index (χ2v) is 8.02. The molecular weight excluding hydrogens is 405 g/mol. The molecule has 0 aliphatic heterocycles. The number of aryl methyl sites for hydroxylation is 1. The van der Waals surface area contributed by atoms with Crippen LogP contribution < -0.4 is 10.9 Å². The maximum Gasteiger partial charge on any atom is 0.267 e. The van der Waals surface area contributed by atoms with Gasteiger partial charge in [0.2, 0.25) is 0 Å². The highest BCUT2D eigenvalue weighted by Gasteiger charge is 2.23. The van der Waals surface area contributed by atoms with Crippen molar-refractivity contribution in [3.63, 3.8) is 0 Å². The first-order chi connectivity index (χ1) is 14.5. The summed E-state index contributed by atoms with van der Waals surface area (Å²) in [4.78, 5) is 30.3. The predicted molar refractivity (Wildman–Crippen MR) is 117 cm³/mol. The van der Waals surface area contributed by atoms with Crippen molar-refractivity contribution in [2.45, 2.75) is 32.7 Å². The first-order valence-electron chi connectivity index (χ1n) is 9.71. The maximum absolute atomic E-state index is 13.4. The van der Waals surface area contributed by atoms with E-state index in [0.717, 1.165) is 30.6 Å². The molecule has 2 aromatic heterocycles. The minimum atomic E-state index is -0.743. The number of aromatic nitrogens is 2. The van der Waals surface area contributed by atoms with E-state index in [2.05, 4.69) is 17.2 Å². The van der Waals surface area contributed by atoms with Gasteiger partial charge in [0.05, 0.1) is 15.7 Å². The second-order valence-electron chi connectivity index (χ2n) is 6.99. The van der Waals surface area contributed by atoms with Gasteiger partial charge in [-0.05, 0) is 36.8 Å². The van der Waals surface area contributed by atoms with Crippen LogP contribution in [0.3, 0.4) is 0 Å². The number of fused-ring (bicyclic) bond motifs is 2. The number of unbranched alkanes of at least 4 members (excludes halogenated alkanes) is 2. The van der Waals surface area contributed by atoms with Crippen molar-refractivity contribution in [3.05, 3.63) is 64.2 Å². The van der Waals surface area contributed by atoms with E-state index < -0.39 is 17.3 Å². The van der Waals surface area contributed by atoms with Gasteiger partial charge in [0, 0.05) is 11.9 Å². The smallest absolute Gasteiger partial charge is 0.267 e. The molecule has 4 rings (SSSR count). The first kappa shape index (κ1) is 20.0. The third kappa shape index (κ3) is 3.66. The van der Waals surface area contributed by atoms with Crippen molar-refractivity contribution >= 4 is 43.5 Å². The Balaban J connectivity index is 1.76. The zero-order valence-electron chi connectivity index (χ0n) is 16.3.